The smallest absolute Gasteiger partial charge is 0.227 e. The second-order valence-electron chi connectivity index (χ2n) is 6.41. The highest BCUT2D eigenvalue weighted by molar-refractivity contribution is 5.79. The number of hydrogen-bond acceptors (Lipinski definition) is 3. The van der Waals surface area contributed by atoms with Crippen LogP contribution in [0, 0.1) is 0 Å². The van der Waals surface area contributed by atoms with E-state index in [1.54, 1.807) is 0 Å². The van der Waals surface area contributed by atoms with Crippen molar-refractivity contribution in [3.05, 3.63) is 65.7 Å². The molecule has 0 aromatic heterocycles. The van der Waals surface area contributed by atoms with Crippen molar-refractivity contribution < 1.29 is 14.3 Å². The first-order valence-electron chi connectivity index (χ1n) is 8.82. The Kier molecular flexibility index (Phi) is 6.07. The Labute approximate surface area is 149 Å². The van der Waals surface area contributed by atoms with Gasteiger partial charge in [-0.2, -0.15) is 0 Å². The molecule has 0 aliphatic carbocycles. The molecule has 25 heavy (non-hydrogen) atoms. The second kappa shape index (κ2) is 8.67. The Morgan fingerprint density at radius 3 is 2.52 bits per heavy atom. The first-order chi connectivity index (χ1) is 12.2. The van der Waals surface area contributed by atoms with E-state index in [9.17, 15) is 4.79 Å². The van der Waals surface area contributed by atoms with Crippen LogP contribution in [0.4, 0.5) is 0 Å². The third-order valence-corrected chi connectivity index (χ3v) is 4.68. The second-order valence-corrected chi connectivity index (χ2v) is 6.41. The fraction of sp³-hybridized carbons (Fsp3) is 0.381. The third-order valence-electron chi connectivity index (χ3n) is 4.68. The highest BCUT2D eigenvalue weighted by atomic mass is 16.5. The number of para-hydroxylation sites is 1. The van der Waals surface area contributed by atoms with Gasteiger partial charge >= 0.3 is 0 Å². The molecule has 4 heteroatoms. The minimum absolute atomic E-state index is 0.127. The Morgan fingerprint density at radius 2 is 1.76 bits per heavy atom. The molecule has 1 heterocycles. The van der Waals surface area contributed by atoms with Gasteiger partial charge in [0.05, 0.1) is 6.42 Å². The molecule has 1 saturated heterocycles. The zero-order valence-corrected chi connectivity index (χ0v) is 14.7. The van der Waals surface area contributed by atoms with Crippen molar-refractivity contribution in [3.63, 3.8) is 0 Å². The zero-order valence-electron chi connectivity index (χ0n) is 14.7. The van der Waals surface area contributed by atoms with Crippen LogP contribution in [-0.4, -0.2) is 37.1 Å². The largest absolute Gasteiger partial charge is 0.489 e. The third kappa shape index (κ3) is 4.83. The van der Waals surface area contributed by atoms with Crippen molar-refractivity contribution in [1.29, 1.82) is 0 Å². The summed E-state index contributed by atoms with van der Waals surface area (Å²) in [7, 11) is 1.89. The van der Waals surface area contributed by atoms with Crippen molar-refractivity contribution in [2.75, 3.05) is 20.3 Å². The van der Waals surface area contributed by atoms with Gasteiger partial charge in [-0.25, -0.2) is 0 Å². The number of nitrogens with zero attached hydrogens (tertiary/aromatic N) is 1. The van der Waals surface area contributed by atoms with Crippen LogP contribution in [0.1, 0.15) is 24.0 Å². The maximum atomic E-state index is 12.7. The Balaban J connectivity index is 1.62. The molecule has 3 rings (SSSR count). The molecular formula is C21H25NO3. The van der Waals surface area contributed by atoms with Crippen molar-refractivity contribution in [3.8, 4) is 5.75 Å². The van der Waals surface area contributed by atoms with Gasteiger partial charge in [-0.15, -0.1) is 0 Å². The monoisotopic (exact) mass is 339 g/mol. The van der Waals surface area contributed by atoms with Crippen LogP contribution in [0.25, 0.3) is 0 Å². The lowest BCUT2D eigenvalue weighted by atomic mass is 10.1. The number of carbonyl (C=O) groups is 1. The topological polar surface area (TPSA) is 38.8 Å². The van der Waals surface area contributed by atoms with Crippen molar-refractivity contribution in [1.82, 2.24) is 4.90 Å². The molecule has 0 spiro atoms. The predicted molar refractivity (Wildman–Crippen MR) is 97.5 cm³/mol. The number of hydrogen-bond donors (Lipinski definition) is 0. The van der Waals surface area contributed by atoms with E-state index in [4.69, 9.17) is 9.47 Å². The molecular weight excluding hydrogens is 314 g/mol. The molecule has 0 saturated carbocycles. The Morgan fingerprint density at radius 1 is 1.08 bits per heavy atom. The molecule has 0 bridgehead atoms. The summed E-state index contributed by atoms with van der Waals surface area (Å²) in [6, 6.07) is 18.1. The van der Waals surface area contributed by atoms with Crippen molar-refractivity contribution >= 4 is 5.91 Å². The minimum Gasteiger partial charge on any atom is -0.489 e. The van der Waals surface area contributed by atoms with E-state index in [1.165, 1.54) is 0 Å². The van der Waals surface area contributed by atoms with E-state index in [1.807, 2.05) is 66.5 Å². The molecule has 0 radical (unpaired) electrons. The van der Waals surface area contributed by atoms with Gasteiger partial charge in [0.25, 0.3) is 0 Å². The summed E-state index contributed by atoms with van der Waals surface area (Å²) in [4.78, 5) is 14.5. The summed E-state index contributed by atoms with van der Waals surface area (Å²) in [6.45, 7) is 1.97. The number of benzene rings is 2. The van der Waals surface area contributed by atoms with E-state index >= 15 is 0 Å². The fourth-order valence-corrected chi connectivity index (χ4v) is 3.09. The molecule has 1 fully saturated rings. The molecule has 132 valence electrons. The van der Waals surface area contributed by atoms with Crippen molar-refractivity contribution in [2.24, 2.45) is 0 Å². The van der Waals surface area contributed by atoms with Gasteiger partial charge in [0, 0.05) is 31.9 Å². The van der Waals surface area contributed by atoms with Gasteiger partial charge in [0.2, 0.25) is 5.91 Å². The fourth-order valence-electron chi connectivity index (χ4n) is 3.09. The lowest BCUT2D eigenvalue weighted by molar-refractivity contribution is -0.132. The predicted octanol–water partition coefficient (Wildman–Crippen LogP) is 3.45. The highest BCUT2D eigenvalue weighted by Gasteiger charge is 2.23. The van der Waals surface area contributed by atoms with E-state index < -0.39 is 0 Å². The summed E-state index contributed by atoms with van der Waals surface area (Å²) < 4.78 is 11.3. The van der Waals surface area contributed by atoms with Crippen LogP contribution in [0.2, 0.25) is 0 Å². The lowest BCUT2D eigenvalue weighted by Crippen LogP contribution is -2.41. The van der Waals surface area contributed by atoms with Gasteiger partial charge < -0.3 is 14.4 Å². The van der Waals surface area contributed by atoms with Gasteiger partial charge in [0.1, 0.15) is 12.4 Å². The van der Waals surface area contributed by atoms with Gasteiger partial charge in [0.15, 0.2) is 0 Å². The Hall–Kier alpha value is -2.33. The number of rotatable bonds is 6. The van der Waals surface area contributed by atoms with E-state index in [2.05, 4.69) is 0 Å². The highest BCUT2D eigenvalue weighted by Crippen LogP contribution is 2.22. The molecule has 1 amide bonds. The van der Waals surface area contributed by atoms with E-state index in [0.717, 1.165) is 42.9 Å². The molecule has 2 aromatic carbocycles. The molecule has 4 nitrogen and oxygen atoms in total. The van der Waals surface area contributed by atoms with Crippen LogP contribution in [0.3, 0.4) is 0 Å². The van der Waals surface area contributed by atoms with Crippen LogP contribution >= 0.6 is 0 Å². The summed E-state index contributed by atoms with van der Waals surface area (Å²) in [6.07, 6.45) is 2.18. The van der Waals surface area contributed by atoms with Gasteiger partial charge in [-0.1, -0.05) is 48.5 Å². The first kappa shape index (κ1) is 17.5. The molecule has 2 aromatic rings. The van der Waals surface area contributed by atoms with Crippen LogP contribution in [0.15, 0.2) is 54.6 Å². The molecule has 1 aliphatic rings. The van der Waals surface area contributed by atoms with Crippen LogP contribution in [-0.2, 0) is 22.6 Å². The van der Waals surface area contributed by atoms with Crippen LogP contribution in [0.5, 0.6) is 5.75 Å². The number of likely N-dealkylation sites (N-methyl/N-ethyl adjacent to an activating group) is 1. The van der Waals surface area contributed by atoms with Gasteiger partial charge in [-0.05, 0) is 24.5 Å². The maximum absolute atomic E-state index is 12.7. The SMILES string of the molecule is CN(C(=O)Cc1ccccc1OCc1ccccc1)C1CCOCC1. The summed E-state index contributed by atoms with van der Waals surface area (Å²) in [5, 5.41) is 0. The Bertz CT molecular complexity index is 681. The first-order valence-corrected chi connectivity index (χ1v) is 8.82. The zero-order chi connectivity index (χ0) is 17.5. The normalized spacial score (nSPS) is 14.9. The summed E-state index contributed by atoms with van der Waals surface area (Å²) in [5.74, 6) is 0.905. The number of carbonyl (C=O) groups excluding carboxylic acids is 1. The van der Waals surface area contributed by atoms with Crippen LogP contribution < -0.4 is 4.74 Å². The van der Waals surface area contributed by atoms with Crippen molar-refractivity contribution in [2.45, 2.75) is 31.9 Å². The summed E-state index contributed by atoms with van der Waals surface area (Å²) >= 11 is 0. The molecule has 1 aliphatic heterocycles. The maximum Gasteiger partial charge on any atom is 0.227 e. The molecule has 0 N–H and O–H groups in total. The molecule has 0 unspecified atom stereocenters. The van der Waals surface area contributed by atoms with E-state index in [-0.39, 0.29) is 11.9 Å². The minimum atomic E-state index is 0.127. The number of amides is 1. The average Bonchev–Trinajstić information content (AvgIpc) is 2.68. The summed E-state index contributed by atoms with van der Waals surface area (Å²) in [5.41, 5.74) is 2.05. The quantitative estimate of drug-likeness (QED) is 0.809. The van der Waals surface area contributed by atoms with Gasteiger partial charge in [-0.3, -0.25) is 4.79 Å². The average molecular weight is 339 g/mol. The number of ether oxygens (including phenoxy) is 2. The standard InChI is InChI=1S/C21H25NO3/c1-22(19-11-13-24-14-12-19)21(23)15-18-9-5-6-10-20(18)25-16-17-7-3-2-4-8-17/h2-10,19H,11-16H2,1H3. The lowest BCUT2D eigenvalue weighted by Gasteiger charge is -2.31. The van der Waals surface area contributed by atoms with E-state index in [0.29, 0.717) is 13.0 Å². The molecule has 0 atom stereocenters.